The lowest BCUT2D eigenvalue weighted by atomic mass is 9.89. The molecule has 0 aliphatic heterocycles. The smallest absolute Gasteiger partial charge is 0.259 e. The van der Waals surface area contributed by atoms with Crippen LogP contribution >= 0.6 is 22.7 Å². The number of hydrogen-bond acceptors (Lipinski definition) is 6. The molecule has 8 heteroatoms. The summed E-state index contributed by atoms with van der Waals surface area (Å²) in [6.45, 7) is 8.53. The molecule has 0 spiro atoms. The van der Waals surface area contributed by atoms with E-state index in [0.717, 1.165) is 35.2 Å². The third-order valence-corrected chi connectivity index (χ3v) is 7.23. The molecule has 0 bridgehead atoms. The lowest BCUT2D eigenvalue weighted by Crippen LogP contribution is -2.17. The van der Waals surface area contributed by atoms with Crippen molar-refractivity contribution < 1.29 is 4.79 Å². The Morgan fingerprint density at radius 3 is 2.86 bits per heavy atom. The fraction of sp³-hybridized carbons (Fsp3) is 0.524. The van der Waals surface area contributed by atoms with Gasteiger partial charge in [0, 0.05) is 28.5 Å². The summed E-state index contributed by atoms with van der Waals surface area (Å²) in [4.78, 5) is 39.1. The van der Waals surface area contributed by atoms with Crippen molar-refractivity contribution >= 4 is 43.9 Å². The number of thiazole rings is 1. The highest BCUT2D eigenvalue weighted by molar-refractivity contribution is 7.18. The summed E-state index contributed by atoms with van der Waals surface area (Å²) in [6, 6.07) is 0. The predicted octanol–water partition coefficient (Wildman–Crippen LogP) is 4.43. The maximum atomic E-state index is 12.6. The van der Waals surface area contributed by atoms with E-state index in [1.165, 1.54) is 21.8 Å². The number of rotatable bonds is 4. The maximum absolute atomic E-state index is 12.6. The van der Waals surface area contributed by atoms with Crippen LogP contribution in [0.3, 0.4) is 0 Å². The Kier molecular flexibility index (Phi) is 5.33. The van der Waals surface area contributed by atoms with Crippen molar-refractivity contribution in [2.24, 2.45) is 5.92 Å². The minimum atomic E-state index is -0.123. The zero-order chi connectivity index (χ0) is 20.8. The van der Waals surface area contributed by atoms with Crippen LogP contribution in [0, 0.1) is 5.92 Å². The van der Waals surface area contributed by atoms with E-state index in [9.17, 15) is 9.59 Å². The summed E-state index contributed by atoms with van der Waals surface area (Å²) in [6.07, 6.45) is 3.74. The number of anilines is 1. The lowest BCUT2D eigenvalue weighted by molar-refractivity contribution is -0.116. The molecule has 6 nitrogen and oxygen atoms in total. The Morgan fingerprint density at radius 1 is 1.34 bits per heavy atom. The molecule has 4 rings (SSSR count). The first-order valence-corrected chi connectivity index (χ1v) is 11.7. The van der Waals surface area contributed by atoms with E-state index >= 15 is 0 Å². The van der Waals surface area contributed by atoms with Crippen LogP contribution < -0.4 is 10.9 Å². The molecule has 1 amide bonds. The molecule has 29 heavy (non-hydrogen) atoms. The second-order valence-corrected chi connectivity index (χ2v) is 10.8. The number of fused-ring (bicyclic) bond motifs is 3. The molecule has 1 unspecified atom stereocenters. The van der Waals surface area contributed by atoms with Crippen LogP contribution in [0.25, 0.3) is 10.2 Å². The first-order chi connectivity index (χ1) is 13.7. The highest BCUT2D eigenvalue weighted by Gasteiger charge is 2.23. The number of H-pyrrole nitrogens is 1. The van der Waals surface area contributed by atoms with Crippen molar-refractivity contribution in [3.05, 3.63) is 37.7 Å². The fourth-order valence-electron chi connectivity index (χ4n) is 3.60. The van der Waals surface area contributed by atoms with Gasteiger partial charge in [0.15, 0.2) is 5.13 Å². The summed E-state index contributed by atoms with van der Waals surface area (Å²) < 4.78 is 0. The van der Waals surface area contributed by atoms with Gasteiger partial charge in [0.25, 0.3) is 5.56 Å². The van der Waals surface area contributed by atoms with Gasteiger partial charge in [-0.25, -0.2) is 9.97 Å². The molecule has 154 valence electrons. The van der Waals surface area contributed by atoms with Gasteiger partial charge in [0.05, 0.1) is 11.1 Å². The number of nitrogens with zero attached hydrogens (tertiary/aromatic N) is 2. The molecule has 0 saturated carbocycles. The van der Waals surface area contributed by atoms with Crippen molar-refractivity contribution in [1.29, 1.82) is 0 Å². The highest BCUT2D eigenvalue weighted by atomic mass is 32.1. The molecule has 3 heterocycles. The van der Waals surface area contributed by atoms with Gasteiger partial charge in [0.2, 0.25) is 5.91 Å². The number of hydrogen-bond donors (Lipinski definition) is 2. The molecule has 3 aromatic heterocycles. The molecule has 2 N–H and O–H groups in total. The van der Waals surface area contributed by atoms with E-state index in [4.69, 9.17) is 0 Å². The average Bonchev–Trinajstić information content (AvgIpc) is 3.23. The third kappa shape index (κ3) is 4.28. The summed E-state index contributed by atoms with van der Waals surface area (Å²) >= 11 is 3.06. The normalized spacial score (nSPS) is 16.8. The number of carbonyl (C=O) groups excluding carboxylic acids is 1. The van der Waals surface area contributed by atoms with Gasteiger partial charge in [-0.05, 0) is 30.7 Å². The van der Waals surface area contributed by atoms with Crippen molar-refractivity contribution in [3.63, 3.8) is 0 Å². The van der Waals surface area contributed by atoms with Crippen molar-refractivity contribution in [3.8, 4) is 0 Å². The maximum Gasteiger partial charge on any atom is 0.259 e. The Balaban J connectivity index is 1.45. The van der Waals surface area contributed by atoms with Crippen LogP contribution in [0.4, 0.5) is 5.13 Å². The summed E-state index contributed by atoms with van der Waals surface area (Å²) in [5.74, 6) is 1.10. The van der Waals surface area contributed by atoms with Gasteiger partial charge in [-0.2, -0.15) is 0 Å². The predicted molar refractivity (Wildman–Crippen MR) is 119 cm³/mol. The Morgan fingerprint density at radius 2 is 2.14 bits per heavy atom. The second-order valence-electron chi connectivity index (χ2n) is 8.88. The van der Waals surface area contributed by atoms with Crippen LogP contribution in [0.5, 0.6) is 0 Å². The van der Waals surface area contributed by atoms with Gasteiger partial charge in [-0.3, -0.25) is 9.59 Å². The first-order valence-electron chi connectivity index (χ1n) is 10.00. The van der Waals surface area contributed by atoms with Crippen LogP contribution in [0.2, 0.25) is 0 Å². The number of thiophene rings is 1. The molecule has 0 radical (unpaired) electrons. The Labute approximate surface area is 177 Å². The third-order valence-electron chi connectivity index (χ3n) is 5.32. The van der Waals surface area contributed by atoms with Crippen LogP contribution in [0.15, 0.2) is 10.2 Å². The van der Waals surface area contributed by atoms with Gasteiger partial charge < -0.3 is 10.3 Å². The van der Waals surface area contributed by atoms with E-state index in [-0.39, 0.29) is 23.3 Å². The molecule has 3 aromatic rings. The molecule has 1 atom stereocenters. The molecule has 1 aliphatic rings. The average molecular weight is 431 g/mol. The number of aryl methyl sites for hydroxylation is 2. The number of carbonyl (C=O) groups is 1. The largest absolute Gasteiger partial charge is 0.310 e. The molecule has 0 saturated heterocycles. The summed E-state index contributed by atoms with van der Waals surface area (Å²) in [5.41, 5.74) is 2.02. The molecular formula is C21H26N4O2S2. The van der Waals surface area contributed by atoms with E-state index in [0.29, 0.717) is 23.3 Å². The van der Waals surface area contributed by atoms with Crippen LogP contribution in [-0.4, -0.2) is 20.9 Å². The fourth-order valence-corrected chi connectivity index (χ4v) is 5.96. The standard InChI is InChI=1S/C21H26N4O2S2/c1-11-5-6-12-13(9-11)29-19-17(12)18(27)23-15(24-19)7-8-16(26)25-20-22-14(10-28-20)21(2,3)4/h10-11H,5-9H2,1-4H3,(H,22,25,26)(H,23,24,27). The number of nitrogens with one attached hydrogen (secondary N) is 2. The zero-order valence-electron chi connectivity index (χ0n) is 17.2. The molecular weight excluding hydrogens is 404 g/mol. The van der Waals surface area contributed by atoms with Crippen molar-refractivity contribution in [2.75, 3.05) is 5.32 Å². The van der Waals surface area contributed by atoms with Crippen LogP contribution in [0.1, 0.15) is 62.5 Å². The number of amides is 1. The van der Waals surface area contributed by atoms with E-state index in [1.54, 1.807) is 11.3 Å². The van der Waals surface area contributed by atoms with Crippen LogP contribution in [-0.2, 0) is 29.5 Å². The molecule has 1 aliphatic carbocycles. The van der Waals surface area contributed by atoms with Gasteiger partial charge >= 0.3 is 0 Å². The van der Waals surface area contributed by atoms with E-state index in [2.05, 4.69) is 48.0 Å². The number of aromatic nitrogens is 3. The minimum Gasteiger partial charge on any atom is -0.310 e. The van der Waals surface area contributed by atoms with Gasteiger partial charge in [-0.15, -0.1) is 22.7 Å². The first kappa shape index (κ1) is 20.2. The SMILES string of the molecule is CC1CCc2c(sc3nc(CCC(=O)Nc4nc(C(C)(C)C)cs4)[nH]c(=O)c23)C1. The van der Waals surface area contributed by atoms with Gasteiger partial charge in [0.1, 0.15) is 10.7 Å². The minimum absolute atomic E-state index is 0.0457. The zero-order valence-corrected chi connectivity index (χ0v) is 18.9. The topological polar surface area (TPSA) is 87.7 Å². The van der Waals surface area contributed by atoms with Gasteiger partial charge in [-0.1, -0.05) is 27.7 Å². The van der Waals surface area contributed by atoms with Crippen molar-refractivity contribution in [2.45, 2.75) is 65.2 Å². The molecule has 0 aromatic carbocycles. The van der Waals surface area contributed by atoms with Crippen molar-refractivity contribution in [1.82, 2.24) is 15.0 Å². The Bertz CT molecular complexity index is 1120. The lowest BCUT2D eigenvalue weighted by Gasteiger charge is -2.17. The second kappa shape index (κ2) is 7.65. The van der Waals surface area contributed by atoms with E-state index in [1.807, 2.05) is 5.38 Å². The molecule has 0 fully saturated rings. The monoisotopic (exact) mass is 430 g/mol. The highest BCUT2D eigenvalue weighted by Crippen LogP contribution is 2.35. The number of aromatic amines is 1. The quantitative estimate of drug-likeness (QED) is 0.641. The Hall–Kier alpha value is -2.06. The van der Waals surface area contributed by atoms with E-state index < -0.39 is 0 Å². The summed E-state index contributed by atoms with van der Waals surface area (Å²) in [7, 11) is 0. The summed E-state index contributed by atoms with van der Waals surface area (Å²) in [5, 5.41) is 6.19.